The number of para-hydroxylation sites is 1. The first-order chi connectivity index (χ1) is 7.56. The standard InChI is InChI=1S/C10H12N2O3S/c1-2-12-16(14,15)9-5-3-4-7-8(13)6-11-10(7)9/h3-6,11-13H,2H2,1H3. The second-order valence-corrected chi connectivity index (χ2v) is 5.09. The van der Waals surface area contributed by atoms with Gasteiger partial charge in [0.2, 0.25) is 10.0 Å². The molecule has 0 bridgehead atoms. The van der Waals surface area contributed by atoms with Crippen LogP contribution in [0.3, 0.4) is 0 Å². The lowest BCUT2D eigenvalue weighted by Crippen LogP contribution is -2.23. The monoisotopic (exact) mass is 240 g/mol. The van der Waals surface area contributed by atoms with Gasteiger partial charge < -0.3 is 10.1 Å². The van der Waals surface area contributed by atoms with E-state index in [1.165, 1.54) is 12.3 Å². The Hall–Kier alpha value is -1.53. The summed E-state index contributed by atoms with van der Waals surface area (Å²) in [5.41, 5.74) is 0.418. The molecule has 0 amide bonds. The average Bonchev–Trinajstić information content (AvgIpc) is 2.60. The van der Waals surface area contributed by atoms with Crippen LogP contribution in [0.15, 0.2) is 29.3 Å². The number of sulfonamides is 1. The van der Waals surface area contributed by atoms with Gasteiger partial charge in [0.25, 0.3) is 0 Å². The highest BCUT2D eigenvalue weighted by Crippen LogP contribution is 2.28. The van der Waals surface area contributed by atoms with Crippen LogP contribution in [-0.4, -0.2) is 25.1 Å². The van der Waals surface area contributed by atoms with Crippen molar-refractivity contribution in [1.82, 2.24) is 9.71 Å². The molecule has 1 heterocycles. The van der Waals surface area contributed by atoms with Crippen molar-refractivity contribution in [2.24, 2.45) is 0 Å². The van der Waals surface area contributed by atoms with Gasteiger partial charge in [-0.05, 0) is 12.1 Å². The van der Waals surface area contributed by atoms with Gasteiger partial charge in [-0.3, -0.25) is 0 Å². The van der Waals surface area contributed by atoms with Crippen molar-refractivity contribution >= 4 is 20.9 Å². The van der Waals surface area contributed by atoms with E-state index in [4.69, 9.17) is 0 Å². The minimum absolute atomic E-state index is 0.0450. The van der Waals surface area contributed by atoms with Crippen molar-refractivity contribution in [3.05, 3.63) is 24.4 Å². The largest absolute Gasteiger partial charge is 0.506 e. The Bertz CT molecular complexity index is 616. The normalized spacial score (nSPS) is 12.1. The molecule has 0 radical (unpaired) electrons. The Labute approximate surface area is 93.2 Å². The number of aromatic nitrogens is 1. The summed E-state index contributed by atoms with van der Waals surface area (Å²) < 4.78 is 26.1. The summed E-state index contributed by atoms with van der Waals surface area (Å²) in [5.74, 6) is 0.0450. The van der Waals surface area contributed by atoms with E-state index in [2.05, 4.69) is 9.71 Å². The predicted molar refractivity (Wildman–Crippen MR) is 60.8 cm³/mol. The average molecular weight is 240 g/mol. The number of aromatic hydroxyl groups is 1. The molecule has 0 fully saturated rings. The second-order valence-electron chi connectivity index (χ2n) is 3.35. The van der Waals surface area contributed by atoms with Gasteiger partial charge in [0.05, 0.1) is 5.52 Å². The van der Waals surface area contributed by atoms with Crippen LogP contribution in [0, 0.1) is 0 Å². The molecule has 2 aromatic rings. The molecule has 3 N–H and O–H groups in total. The molecule has 0 spiro atoms. The summed E-state index contributed by atoms with van der Waals surface area (Å²) in [6, 6.07) is 4.75. The third-order valence-corrected chi connectivity index (χ3v) is 3.87. The lowest BCUT2D eigenvalue weighted by Gasteiger charge is -2.05. The molecule has 0 unspecified atom stereocenters. The minimum atomic E-state index is -3.52. The number of H-pyrrole nitrogens is 1. The lowest BCUT2D eigenvalue weighted by atomic mass is 10.2. The Kier molecular flexibility index (Phi) is 2.61. The molecule has 0 saturated heterocycles. The summed E-state index contributed by atoms with van der Waals surface area (Å²) in [4.78, 5) is 2.90. The Morgan fingerprint density at radius 3 is 2.88 bits per heavy atom. The van der Waals surface area contributed by atoms with Gasteiger partial charge in [-0.15, -0.1) is 0 Å². The van der Waals surface area contributed by atoms with E-state index in [-0.39, 0.29) is 10.6 Å². The van der Waals surface area contributed by atoms with Crippen LogP contribution in [0.5, 0.6) is 5.75 Å². The van der Waals surface area contributed by atoms with Gasteiger partial charge in [0, 0.05) is 18.1 Å². The maximum absolute atomic E-state index is 11.8. The van der Waals surface area contributed by atoms with E-state index in [0.717, 1.165) is 0 Å². The van der Waals surface area contributed by atoms with Crippen molar-refractivity contribution in [2.45, 2.75) is 11.8 Å². The molecule has 5 nitrogen and oxygen atoms in total. The van der Waals surface area contributed by atoms with Crippen LogP contribution < -0.4 is 4.72 Å². The maximum atomic E-state index is 11.8. The molecule has 0 saturated carbocycles. The third kappa shape index (κ3) is 1.66. The van der Waals surface area contributed by atoms with Gasteiger partial charge in [-0.2, -0.15) is 0 Å². The zero-order valence-electron chi connectivity index (χ0n) is 8.69. The number of hydrogen-bond acceptors (Lipinski definition) is 3. The number of hydrogen-bond donors (Lipinski definition) is 3. The first-order valence-corrected chi connectivity index (χ1v) is 6.33. The van der Waals surface area contributed by atoms with Crippen molar-refractivity contribution in [3.63, 3.8) is 0 Å². The van der Waals surface area contributed by atoms with E-state index in [1.807, 2.05) is 0 Å². The van der Waals surface area contributed by atoms with E-state index in [1.54, 1.807) is 19.1 Å². The fraction of sp³-hybridized carbons (Fsp3) is 0.200. The quantitative estimate of drug-likeness (QED) is 0.753. The number of rotatable bonds is 3. The van der Waals surface area contributed by atoms with E-state index >= 15 is 0 Å². The van der Waals surface area contributed by atoms with Crippen molar-refractivity contribution in [1.29, 1.82) is 0 Å². The van der Waals surface area contributed by atoms with Crippen LogP contribution in [0.1, 0.15) is 6.92 Å². The fourth-order valence-corrected chi connectivity index (χ4v) is 2.83. The topological polar surface area (TPSA) is 82.2 Å². The van der Waals surface area contributed by atoms with Crippen LogP contribution in [0.4, 0.5) is 0 Å². The van der Waals surface area contributed by atoms with E-state index < -0.39 is 10.0 Å². The third-order valence-electron chi connectivity index (χ3n) is 2.28. The zero-order valence-corrected chi connectivity index (χ0v) is 9.50. The summed E-state index contributed by atoms with van der Waals surface area (Å²) in [6.07, 6.45) is 1.37. The smallest absolute Gasteiger partial charge is 0.242 e. The summed E-state index contributed by atoms with van der Waals surface area (Å²) >= 11 is 0. The van der Waals surface area contributed by atoms with Crippen LogP contribution >= 0.6 is 0 Å². The number of benzene rings is 1. The molecule has 0 aliphatic rings. The van der Waals surface area contributed by atoms with E-state index in [9.17, 15) is 13.5 Å². The molecular weight excluding hydrogens is 228 g/mol. The van der Waals surface area contributed by atoms with Crippen molar-refractivity contribution in [2.75, 3.05) is 6.54 Å². The van der Waals surface area contributed by atoms with Crippen molar-refractivity contribution < 1.29 is 13.5 Å². The minimum Gasteiger partial charge on any atom is -0.506 e. The number of fused-ring (bicyclic) bond motifs is 1. The number of aromatic amines is 1. The Morgan fingerprint density at radius 1 is 1.44 bits per heavy atom. The van der Waals surface area contributed by atoms with Crippen LogP contribution in [0.2, 0.25) is 0 Å². The Morgan fingerprint density at radius 2 is 2.19 bits per heavy atom. The number of nitrogens with one attached hydrogen (secondary N) is 2. The SMILES string of the molecule is CCNS(=O)(=O)c1cccc2c(O)c[nH]c12. The highest BCUT2D eigenvalue weighted by Gasteiger charge is 2.17. The van der Waals surface area contributed by atoms with Crippen LogP contribution in [0.25, 0.3) is 10.9 Å². The second kappa shape index (κ2) is 3.80. The van der Waals surface area contributed by atoms with Gasteiger partial charge in [0.15, 0.2) is 0 Å². The van der Waals surface area contributed by atoms with Crippen molar-refractivity contribution in [3.8, 4) is 5.75 Å². The summed E-state index contributed by atoms with van der Waals surface area (Å²) in [5, 5.41) is 9.98. The Balaban J connectivity index is 2.70. The first kappa shape index (κ1) is 11.0. The van der Waals surface area contributed by atoms with Gasteiger partial charge >= 0.3 is 0 Å². The predicted octanol–water partition coefficient (Wildman–Crippen LogP) is 1.17. The maximum Gasteiger partial charge on any atom is 0.242 e. The van der Waals surface area contributed by atoms with Crippen LogP contribution in [-0.2, 0) is 10.0 Å². The highest BCUT2D eigenvalue weighted by molar-refractivity contribution is 7.89. The molecule has 6 heteroatoms. The summed E-state index contributed by atoms with van der Waals surface area (Å²) in [6.45, 7) is 2.04. The molecule has 1 aromatic heterocycles. The molecular formula is C10H12N2O3S. The summed E-state index contributed by atoms with van der Waals surface area (Å²) in [7, 11) is -3.52. The van der Waals surface area contributed by atoms with Gasteiger partial charge in [0.1, 0.15) is 10.6 Å². The molecule has 2 rings (SSSR count). The first-order valence-electron chi connectivity index (χ1n) is 4.85. The lowest BCUT2D eigenvalue weighted by molar-refractivity contribution is 0.481. The molecule has 86 valence electrons. The van der Waals surface area contributed by atoms with Gasteiger partial charge in [-0.25, -0.2) is 13.1 Å². The molecule has 16 heavy (non-hydrogen) atoms. The fourth-order valence-electron chi connectivity index (χ4n) is 1.60. The van der Waals surface area contributed by atoms with Gasteiger partial charge in [-0.1, -0.05) is 13.0 Å². The zero-order chi connectivity index (χ0) is 11.8. The molecule has 0 aliphatic heterocycles. The van der Waals surface area contributed by atoms with E-state index in [0.29, 0.717) is 17.4 Å². The highest BCUT2D eigenvalue weighted by atomic mass is 32.2. The molecule has 1 aromatic carbocycles. The molecule has 0 atom stereocenters. The molecule has 0 aliphatic carbocycles.